The van der Waals surface area contributed by atoms with Gasteiger partial charge in [0.1, 0.15) is 5.25 Å². The number of nitrogens with one attached hydrogen (secondary N) is 1. The van der Waals surface area contributed by atoms with Crippen molar-refractivity contribution in [1.82, 2.24) is 5.32 Å². The monoisotopic (exact) mass is 311 g/mol. The summed E-state index contributed by atoms with van der Waals surface area (Å²) in [6.45, 7) is 2.23. The van der Waals surface area contributed by atoms with Gasteiger partial charge in [-0.05, 0) is 42.0 Å². The molecule has 0 aromatic carbocycles. The molecule has 3 nitrogen and oxygen atoms in total. The van der Waals surface area contributed by atoms with Gasteiger partial charge in [-0.2, -0.15) is 0 Å². The fourth-order valence-electron chi connectivity index (χ4n) is 3.28. The molecule has 1 aliphatic carbocycles. The minimum absolute atomic E-state index is 0.0615. The second kappa shape index (κ2) is 5.70. The molecule has 0 spiro atoms. The van der Waals surface area contributed by atoms with Crippen LogP contribution in [0.3, 0.4) is 0 Å². The van der Waals surface area contributed by atoms with Crippen LogP contribution in [-0.4, -0.2) is 29.4 Å². The minimum Gasteiger partial charge on any atom is -0.396 e. The predicted octanol–water partition coefficient (Wildman–Crippen LogP) is 2.75. The molecular formula is C15H21NO2S2. The van der Waals surface area contributed by atoms with Crippen LogP contribution in [0.25, 0.3) is 0 Å². The molecule has 0 radical (unpaired) electrons. The topological polar surface area (TPSA) is 49.3 Å². The average Bonchev–Trinajstić information content (AvgIpc) is 3.06. The zero-order chi connectivity index (χ0) is 14.2. The van der Waals surface area contributed by atoms with Gasteiger partial charge in [0.05, 0.1) is 6.61 Å². The van der Waals surface area contributed by atoms with E-state index in [1.807, 2.05) is 0 Å². The number of amides is 1. The molecule has 1 saturated carbocycles. The van der Waals surface area contributed by atoms with Gasteiger partial charge >= 0.3 is 0 Å². The molecule has 2 aliphatic rings. The number of carbonyl (C=O) groups is 1. The first-order chi connectivity index (χ1) is 9.64. The Bertz CT molecular complexity index is 502. The number of hydrogen-bond donors (Lipinski definition) is 2. The quantitative estimate of drug-likeness (QED) is 0.902. The fraction of sp³-hybridized carbons (Fsp3) is 0.667. The van der Waals surface area contributed by atoms with E-state index in [9.17, 15) is 9.90 Å². The molecule has 3 rings (SSSR count). The van der Waals surface area contributed by atoms with Gasteiger partial charge in [0.15, 0.2) is 0 Å². The third kappa shape index (κ3) is 2.51. The van der Waals surface area contributed by atoms with Crippen LogP contribution in [0.4, 0.5) is 0 Å². The third-order valence-corrected chi connectivity index (χ3v) is 6.91. The largest absolute Gasteiger partial charge is 0.396 e. The van der Waals surface area contributed by atoms with E-state index in [0.29, 0.717) is 0 Å². The molecule has 0 bridgehead atoms. The molecule has 1 fully saturated rings. The van der Waals surface area contributed by atoms with Crippen molar-refractivity contribution in [3.05, 3.63) is 21.9 Å². The molecule has 20 heavy (non-hydrogen) atoms. The Morgan fingerprint density at radius 2 is 2.45 bits per heavy atom. The maximum Gasteiger partial charge on any atom is 0.237 e. The maximum absolute atomic E-state index is 12.6. The van der Waals surface area contributed by atoms with Crippen LogP contribution in [0.15, 0.2) is 11.4 Å². The van der Waals surface area contributed by atoms with E-state index < -0.39 is 0 Å². The minimum atomic E-state index is -0.146. The lowest BCUT2D eigenvalue weighted by molar-refractivity contribution is -0.122. The van der Waals surface area contributed by atoms with Gasteiger partial charge in [0.25, 0.3) is 0 Å². The molecule has 1 aromatic heterocycles. The van der Waals surface area contributed by atoms with Gasteiger partial charge in [0.2, 0.25) is 5.91 Å². The summed E-state index contributed by atoms with van der Waals surface area (Å²) in [6, 6.07) is 2.21. The molecule has 1 amide bonds. The number of hydrogen-bond acceptors (Lipinski definition) is 4. The smallest absolute Gasteiger partial charge is 0.237 e. The summed E-state index contributed by atoms with van der Waals surface area (Å²) in [5, 5.41) is 14.8. The van der Waals surface area contributed by atoms with Crippen LogP contribution in [-0.2, 0) is 11.2 Å². The second-order valence-electron chi connectivity index (χ2n) is 6.07. The van der Waals surface area contributed by atoms with Crippen molar-refractivity contribution in [3.63, 3.8) is 0 Å². The third-order valence-electron chi connectivity index (χ3n) is 4.67. The Morgan fingerprint density at radius 3 is 3.25 bits per heavy atom. The number of aliphatic hydroxyl groups is 1. The number of aryl methyl sites for hydroxylation is 1. The average molecular weight is 311 g/mol. The summed E-state index contributed by atoms with van der Waals surface area (Å²) in [5.41, 5.74) is 1.05. The van der Waals surface area contributed by atoms with Crippen LogP contribution in [0.1, 0.15) is 41.9 Å². The summed E-state index contributed by atoms with van der Waals surface area (Å²) >= 11 is 3.50. The van der Waals surface area contributed by atoms with E-state index in [2.05, 4.69) is 23.7 Å². The Morgan fingerprint density at radius 1 is 1.60 bits per heavy atom. The van der Waals surface area contributed by atoms with Crippen LogP contribution in [0.2, 0.25) is 0 Å². The van der Waals surface area contributed by atoms with Crippen molar-refractivity contribution >= 4 is 29.0 Å². The number of thiophene rings is 1. The standard InChI is InChI=1S/C15H21NO2S2/c1-15(9-17)6-2-3-12(15)16-14(18)13-10-4-7-19-11(10)5-8-20-13/h4,7,12-13,17H,2-3,5-6,8-9H2,1H3,(H,16,18)/t12-,13-,15+/m0/s1. The molecular weight excluding hydrogens is 290 g/mol. The zero-order valence-corrected chi connectivity index (χ0v) is 13.4. The number of fused-ring (bicyclic) bond motifs is 1. The van der Waals surface area contributed by atoms with E-state index in [-0.39, 0.29) is 29.2 Å². The zero-order valence-electron chi connectivity index (χ0n) is 11.7. The second-order valence-corrected chi connectivity index (χ2v) is 8.28. The maximum atomic E-state index is 12.6. The van der Waals surface area contributed by atoms with Crippen molar-refractivity contribution in [2.75, 3.05) is 12.4 Å². The van der Waals surface area contributed by atoms with Crippen molar-refractivity contribution in [1.29, 1.82) is 0 Å². The molecule has 1 aromatic rings. The lowest BCUT2D eigenvalue weighted by atomic mass is 9.85. The lowest BCUT2D eigenvalue weighted by Gasteiger charge is -2.32. The van der Waals surface area contributed by atoms with E-state index in [0.717, 1.165) is 31.4 Å². The molecule has 3 atom stereocenters. The molecule has 2 N–H and O–H groups in total. The van der Waals surface area contributed by atoms with Crippen molar-refractivity contribution in [2.24, 2.45) is 5.41 Å². The molecule has 5 heteroatoms. The van der Waals surface area contributed by atoms with Crippen molar-refractivity contribution in [2.45, 2.75) is 43.9 Å². The summed E-state index contributed by atoms with van der Waals surface area (Å²) in [6.07, 6.45) is 4.15. The first-order valence-corrected chi connectivity index (χ1v) is 9.16. The highest BCUT2D eigenvalue weighted by atomic mass is 32.2. The number of rotatable bonds is 3. The normalized spacial score (nSPS) is 32.9. The van der Waals surface area contributed by atoms with Gasteiger partial charge in [-0.15, -0.1) is 23.1 Å². The van der Waals surface area contributed by atoms with Gasteiger partial charge in [0, 0.05) is 16.3 Å². The highest BCUT2D eigenvalue weighted by molar-refractivity contribution is 8.00. The Balaban J connectivity index is 1.72. The molecule has 110 valence electrons. The van der Waals surface area contributed by atoms with Gasteiger partial charge < -0.3 is 10.4 Å². The number of aliphatic hydroxyl groups excluding tert-OH is 1. The SMILES string of the molecule is C[C@]1(CO)CCC[C@@H]1NC(=O)[C@H]1SCCc2sccc21. The van der Waals surface area contributed by atoms with Crippen LogP contribution in [0.5, 0.6) is 0 Å². The van der Waals surface area contributed by atoms with E-state index in [1.54, 1.807) is 23.1 Å². The highest BCUT2D eigenvalue weighted by Gasteiger charge is 2.40. The predicted molar refractivity (Wildman–Crippen MR) is 84.2 cm³/mol. The summed E-state index contributed by atoms with van der Waals surface area (Å²) < 4.78 is 0. The van der Waals surface area contributed by atoms with Gasteiger partial charge in [-0.3, -0.25) is 4.79 Å². The summed E-state index contributed by atoms with van der Waals surface area (Å²) in [4.78, 5) is 14.0. The van der Waals surface area contributed by atoms with E-state index >= 15 is 0 Å². The molecule has 0 unspecified atom stereocenters. The first kappa shape index (κ1) is 14.4. The van der Waals surface area contributed by atoms with Gasteiger partial charge in [-0.25, -0.2) is 0 Å². The fourth-order valence-corrected chi connectivity index (χ4v) is 5.58. The molecule has 2 heterocycles. The molecule has 0 saturated heterocycles. The number of carbonyl (C=O) groups excluding carboxylic acids is 1. The van der Waals surface area contributed by atoms with Crippen LogP contribution in [0, 0.1) is 5.41 Å². The van der Waals surface area contributed by atoms with Crippen LogP contribution < -0.4 is 5.32 Å². The first-order valence-electron chi connectivity index (χ1n) is 7.23. The van der Waals surface area contributed by atoms with Crippen molar-refractivity contribution < 1.29 is 9.90 Å². The van der Waals surface area contributed by atoms with E-state index in [4.69, 9.17) is 0 Å². The Labute approximate surface area is 128 Å². The van der Waals surface area contributed by atoms with Crippen LogP contribution >= 0.6 is 23.1 Å². The van der Waals surface area contributed by atoms with E-state index in [1.165, 1.54) is 10.4 Å². The lowest BCUT2D eigenvalue weighted by Crippen LogP contribution is -2.46. The summed E-state index contributed by atoms with van der Waals surface area (Å²) in [7, 11) is 0. The summed E-state index contributed by atoms with van der Waals surface area (Å²) in [5.74, 6) is 1.15. The van der Waals surface area contributed by atoms with Crippen molar-refractivity contribution in [3.8, 4) is 0 Å². The molecule has 1 aliphatic heterocycles. The number of thioether (sulfide) groups is 1. The Hall–Kier alpha value is -0.520. The van der Waals surface area contributed by atoms with Gasteiger partial charge in [-0.1, -0.05) is 13.3 Å². The highest BCUT2D eigenvalue weighted by Crippen LogP contribution is 2.41. The Kier molecular flexibility index (Phi) is 4.11.